The minimum absolute atomic E-state index is 0.189. The van der Waals surface area contributed by atoms with Gasteiger partial charge in [0.1, 0.15) is 12.4 Å². The molecule has 0 spiro atoms. The molecule has 1 aliphatic heterocycles. The van der Waals surface area contributed by atoms with Gasteiger partial charge >= 0.3 is 0 Å². The van der Waals surface area contributed by atoms with Crippen LogP contribution in [0.25, 0.3) is 6.08 Å². The molecule has 1 N–H and O–H groups in total. The van der Waals surface area contributed by atoms with Gasteiger partial charge in [-0.15, -0.1) is 0 Å². The van der Waals surface area contributed by atoms with Gasteiger partial charge in [-0.1, -0.05) is 89.7 Å². The molecule has 220 valence electrons. The molecule has 0 fully saturated rings. The molecule has 0 aliphatic carbocycles. The van der Waals surface area contributed by atoms with Crippen LogP contribution in [-0.2, 0) is 11.4 Å². The van der Waals surface area contributed by atoms with Crippen LogP contribution in [0.2, 0.25) is 0 Å². The SMILES string of the molecule is CC1=C(C(=O)Nc2ccccc2)[C@@H](c2ccccc2)n2c(s/c(=C\c3ccc(OCc4c(C)cc(C)cc4C)cc3)c2=O)=N1. The van der Waals surface area contributed by atoms with Gasteiger partial charge in [0.25, 0.3) is 11.5 Å². The highest BCUT2D eigenvalue weighted by Crippen LogP contribution is 2.30. The number of carbonyl (C=O) groups excluding carboxylic acids is 1. The predicted molar refractivity (Wildman–Crippen MR) is 177 cm³/mol. The number of allylic oxidation sites excluding steroid dienone is 1. The second-order valence-corrected chi connectivity index (χ2v) is 12.1. The van der Waals surface area contributed by atoms with Gasteiger partial charge in [0.05, 0.1) is 21.8 Å². The number of para-hydroxylation sites is 1. The van der Waals surface area contributed by atoms with Crippen LogP contribution >= 0.6 is 11.3 Å². The molecule has 0 radical (unpaired) electrons. The average molecular weight is 600 g/mol. The van der Waals surface area contributed by atoms with Gasteiger partial charge in [-0.2, -0.15) is 0 Å². The Kier molecular flexibility index (Phi) is 8.13. The molecule has 4 aromatic carbocycles. The van der Waals surface area contributed by atoms with Crippen molar-refractivity contribution in [2.24, 2.45) is 4.99 Å². The van der Waals surface area contributed by atoms with Gasteiger partial charge in [0.2, 0.25) is 0 Å². The maximum atomic E-state index is 14.0. The van der Waals surface area contributed by atoms with Crippen LogP contribution in [-0.4, -0.2) is 10.5 Å². The van der Waals surface area contributed by atoms with E-state index in [9.17, 15) is 9.59 Å². The van der Waals surface area contributed by atoms with Gasteiger partial charge in [0, 0.05) is 5.69 Å². The fourth-order valence-electron chi connectivity index (χ4n) is 5.69. The molecule has 1 atom stereocenters. The van der Waals surface area contributed by atoms with Crippen LogP contribution in [0.15, 0.2) is 118 Å². The number of rotatable bonds is 7. The number of fused-ring (bicyclic) bond motifs is 1. The highest BCUT2D eigenvalue weighted by Gasteiger charge is 2.32. The maximum Gasteiger partial charge on any atom is 0.271 e. The molecule has 0 unspecified atom stereocenters. The minimum Gasteiger partial charge on any atom is -0.489 e. The van der Waals surface area contributed by atoms with Crippen molar-refractivity contribution in [2.75, 3.05) is 5.32 Å². The summed E-state index contributed by atoms with van der Waals surface area (Å²) in [5.41, 5.74) is 8.12. The number of anilines is 1. The normalized spacial score (nSPS) is 14.6. The lowest BCUT2D eigenvalue weighted by Gasteiger charge is -2.25. The van der Waals surface area contributed by atoms with Crippen LogP contribution in [0, 0.1) is 20.8 Å². The van der Waals surface area contributed by atoms with Crippen molar-refractivity contribution >= 4 is 29.0 Å². The first-order valence-electron chi connectivity index (χ1n) is 14.5. The Bertz CT molecular complexity index is 2040. The Labute approximate surface area is 260 Å². The molecule has 6 nitrogen and oxygen atoms in total. The van der Waals surface area contributed by atoms with E-state index in [1.54, 1.807) is 4.57 Å². The molecule has 1 aromatic heterocycles. The van der Waals surface area contributed by atoms with E-state index >= 15 is 0 Å². The van der Waals surface area contributed by atoms with Gasteiger partial charge in [-0.05, 0) is 85.9 Å². The lowest BCUT2D eigenvalue weighted by atomic mass is 9.95. The number of aryl methyl sites for hydroxylation is 3. The van der Waals surface area contributed by atoms with E-state index in [4.69, 9.17) is 9.73 Å². The third-order valence-electron chi connectivity index (χ3n) is 7.81. The van der Waals surface area contributed by atoms with E-state index in [-0.39, 0.29) is 11.5 Å². The first kappa shape index (κ1) is 29.1. The van der Waals surface area contributed by atoms with Gasteiger partial charge in [-0.3, -0.25) is 14.2 Å². The zero-order valence-corrected chi connectivity index (χ0v) is 25.9. The molecule has 1 aliphatic rings. The number of hydrogen-bond acceptors (Lipinski definition) is 5. The van der Waals surface area contributed by atoms with Crippen LogP contribution in [0.3, 0.4) is 0 Å². The number of aromatic nitrogens is 1. The first-order valence-corrected chi connectivity index (χ1v) is 15.3. The first-order chi connectivity index (χ1) is 21.3. The summed E-state index contributed by atoms with van der Waals surface area (Å²) in [4.78, 5) is 32.9. The van der Waals surface area contributed by atoms with Gasteiger partial charge in [0.15, 0.2) is 4.80 Å². The monoisotopic (exact) mass is 599 g/mol. The minimum atomic E-state index is -0.609. The topological polar surface area (TPSA) is 72.7 Å². The molecule has 44 heavy (non-hydrogen) atoms. The number of nitrogens with zero attached hydrogens (tertiary/aromatic N) is 2. The summed E-state index contributed by atoms with van der Waals surface area (Å²) in [6.07, 6.45) is 1.87. The molecule has 1 amide bonds. The summed E-state index contributed by atoms with van der Waals surface area (Å²) in [7, 11) is 0. The molecule has 7 heteroatoms. The Morgan fingerprint density at radius 1 is 0.909 bits per heavy atom. The summed E-state index contributed by atoms with van der Waals surface area (Å²) in [5.74, 6) is 0.476. The van der Waals surface area contributed by atoms with Gasteiger partial charge < -0.3 is 10.1 Å². The lowest BCUT2D eigenvalue weighted by molar-refractivity contribution is -0.113. The van der Waals surface area contributed by atoms with Crippen molar-refractivity contribution in [3.8, 4) is 5.75 Å². The smallest absolute Gasteiger partial charge is 0.271 e. The van der Waals surface area contributed by atoms with Crippen molar-refractivity contribution in [1.29, 1.82) is 0 Å². The summed E-state index contributed by atoms with van der Waals surface area (Å²) < 4.78 is 8.29. The number of ether oxygens (including phenoxy) is 1. The third-order valence-corrected chi connectivity index (χ3v) is 8.80. The highest BCUT2D eigenvalue weighted by molar-refractivity contribution is 7.07. The lowest BCUT2D eigenvalue weighted by Crippen LogP contribution is -2.40. The fourth-order valence-corrected chi connectivity index (χ4v) is 6.73. The van der Waals surface area contributed by atoms with Crippen molar-refractivity contribution in [3.05, 3.63) is 161 Å². The molecule has 5 aromatic rings. The number of hydrogen-bond donors (Lipinski definition) is 1. The van der Waals surface area contributed by atoms with Crippen LogP contribution < -0.4 is 24.9 Å². The molecule has 0 saturated carbocycles. The van der Waals surface area contributed by atoms with Crippen molar-refractivity contribution in [2.45, 2.75) is 40.3 Å². The van der Waals surface area contributed by atoms with Crippen LogP contribution in [0.4, 0.5) is 5.69 Å². The summed E-state index contributed by atoms with van der Waals surface area (Å²) in [5, 5.41) is 2.98. The Hall–Kier alpha value is -5.01. The summed E-state index contributed by atoms with van der Waals surface area (Å²) in [6.45, 7) is 8.64. The van der Waals surface area contributed by atoms with Gasteiger partial charge in [-0.25, -0.2) is 4.99 Å². The molecular formula is C37H33N3O3S. The zero-order valence-electron chi connectivity index (χ0n) is 25.1. The van der Waals surface area contributed by atoms with Crippen LogP contribution in [0.1, 0.15) is 46.3 Å². The van der Waals surface area contributed by atoms with Crippen molar-refractivity contribution < 1.29 is 9.53 Å². The number of thiazole rings is 1. The number of nitrogens with one attached hydrogen (secondary N) is 1. The molecule has 2 heterocycles. The maximum absolute atomic E-state index is 14.0. The largest absolute Gasteiger partial charge is 0.489 e. The van der Waals surface area contributed by atoms with Crippen LogP contribution in [0.5, 0.6) is 5.75 Å². The predicted octanol–water partition coefficient (Wildman–Crippen LogP) is 6.38. The molecule has 0 saturated heterocycles. The van der Waals surface area contributed by atoms with Crippen molar-refractivity contribution in [1.82, 2.24) is 4.57 Å². The molecular weight excluding hydrogens is 566 g/mol. The van der Waals surface area contributed by atoms with E-state index in [1.165, 1.54) is 33.6 Å². The Morgan fingerprint density at radius 3 is 2.20 bits per heavy atom. The average Bonchev–Trinajstić information content (AvgIpc) is 3.31. The second-order valence-electron chi connectivity index (χ2n) is 11.0. The molecule has 6 rings (SSSR count). The third kappa shape index (κ3) is 5.92. The Balaban J connectivity index is 1.32. The van der Waals surface area contributed by atoms with E-state index in [0.717, 1.165) is 16.9 Å². The fraction of sp³-hybridized carbons (Fsp3) is 0.162. The van der Waals surface area contributed by atoms with Crippen molar-refractivity contribution in [3.63, 3.8) is 0 Å². The van der Waals surface area contributed by atoms with E-state index in [1.807, 2.05) is 97.9 Å². The number of amides is 1. The quantitative estimate of drug-likeness (QED) is 0.236. The Morgan fingerprint density at radius 2 is 1.55 bits per heavy atom. The number of carbonyl (C=O) groups is 1. The zero-order chi connectivity index (χ0) is 30.8. The second kappa shape index (κ2) is 12.3. The van der Waals surface area contributed by atoms with E-state index < -0.39 is 6.04 Å². The summed E-state index contributed by atoms with van der Waals surface area (Å²) >= 11 is 1.32. The number of benzene rings is 4. The van der Waals surface area contributed by atoms with E-state index in [0.29, 0.717) is 32.9 Å². The summed E-state index contributed by atoms with van der Waals surface area (Å²) in [6, 6.07) is 30.4. The van der Waals surface area contributed by atoms with E-state index in [2.05, 4.69) is 38.2 Å². The standard InChI is InChI=1S/C37H33N3O3S/c1-23-19-24(2)31(25(3)20-23)22-43-30-17-15-27(16-18-30)21-32-36(42)40-34(28-11-7-5-8-12-28)33(26(4)38-37(40)44-32)35(41)39-29-13-9-6-10-14-29/h5-21,34H,22H2,1-4H3,(H,39,41)/b32-21-/t34-/m1/s1. The molecule has 0 bridgehead atoms. The highest BCUT2D eigenvalue weighted by atomic mass is 32.1.